The van der Waals surface area contributed by atoms with Crippen LogP contribution in [0, 0.1) is 0 Å². The lowest BCUT2D eigenvalue weighted by atomic mass is 10.1. The number of carbonyl (C=O) groups is 3. The fraction of sp³-hybridized carbons (Fsp3) is 0.222. The number of esters is 1. The van der Waals surface area contributed by atoms with E-state index in [0.29, 0.717) is 12.0 Å². The van der Waals surface area contributed by atoms with E-state index < -0.39 is 18.6 Å². The maximum atomic E-state index is 13.3. The number of unbranched alkanes of at least 4 members (excludes halogenated alkanes) is 1. The third-order valence-corrected chi connectivity index (χ3v) is 6.62. The zero-order valence-electron chi connectivity index (χ0n) is 18.9. The number of para-hydroxylation sites is 2. The molecule has 174 valence electrons. The summed E-state index contributed by atoms with van der Waals surface area (Å²) in [5.74, 6) is -1.31. The Labute approximate surface area is 203 Å². The van der Waals surface area contributed by atoms with Crippen LogP contribution in [0.1, 0.15) is 36.5 Å². The van der Waals surface area contributed by atoms with Crippen LogP contribution in [0.25, 0.3) is 0 Å². The maximum Gasteiger partial charge on any atom is 0.329 e. The molecule has 4 rings (SSSR count). The van der Waals surface area contributed by atoms with Gasteiger partial charge in [0.25, 0.3) is 11.8 Å². The fourth-order valence-electron chi connectivity index (χ4n) is 3.76. The highest BCUT2D eigenvalue weighted by atomic mass is 32.2. The van der Waals surface area contributed by atoms with E-state index in [4.69, 9.17) is 4.74 Å². The van der Waals surface area contributed by atoms with Gasteiger partial charge in [-0.05, 0) is 42.8 Å². The lowest BCUT2D eigenvalue weighted by molar-refractivity contribution is -0.149. The molecule has 0 aromatic heterocycles. The van der Waals surface area contributed by atoms with Crippen molar-refractivity contribution in [2.75, 3.05) is 11.5 Å². The van der Waals surface area contributed by atoms with Crippen LogP contribution < -0.4 is 10.2 Å². The number of ether oxygens (including phenoxy) is 1. The van der Waals surface area contributed by atoms with Crippen molar-refractivity contribution in [1.29, 1.82) is 0 Å². The van der Waals surface area contributed by atoms with E-state index in [2.05, 4.69) is 5.32 Å². The van der Waals surface area contributed by atoms with Crippen molar-refractivity contribution in [1.82, 2.24) is 5.32 Å². The molecule has 0 saturated heterocycles. The zero-order chi connectivity index (χ0) is 23.9. The van der Waals surface area contributed by atoms with E-state index in [9.17, 15) is 14.4 Å². The molecular weight excluding hydrogens is 448 g/mol. The molecule has 0 bridgehead atoms. The minimum Gasteiger partial charge on any atom is -0.454 e. The van der Waals surface area contributed by atoms with Gasteiger partial charge in [0, 0.05) is 15.4 Å². The summed E-state index contributed by atoms with van der Waals surface area (Å²) < 4.78 is 5.43. The highest BCUT2D eigenvalue weighted by molar-refractivity contribution is 7.99. The maximum absolute atomic E-state index is 13.3. The van der Waals surface area contributed by atoms with Crippen molar-refractivity contribution in [2.45, 2.75) is 42.0 Å². The summed E-state index contributed by atoms with van der Waals surface area (Å²) in [6.45, 7) is 1.59. The van der Waals surface area contributed by atoms with E-state index in [1.165, 1.54) is 0 Å². The smallest absolute Gasteiger partial charge is 0.329 e. The molecule has 0 spiro atoms. The molecule has 1 N–H and O–H groups in total. The molecule has 0 saturated carbocycles. The van der Waals surface area contributed by atoms with Gasteiger partial charge in [0.1, 0.15) is 6.04 Å². The van der Waals surface area contributed by atoms with Crippen LogP contribution in [0.2, 0.25) is 0 Å². The lowest BCUT2D eigenvalue weighted by Crippen LogP contribution is -2.43. The Kier molecular flexibility index (Phi) is 7.65. The first kappa shape index (κ1) is 23.6. The number of anilines is 2. The lowest BCUT2D eigenvalue weighted by Gasteiger charge is -2.31. The second-order valence-corrected chi connectivity index (χ2v) is 8.99. The van der Waals surface area contributed by atoms with Gasteiger partial charge >= 0.3 is 5.97 Å². The first-order chi connectivity index (χ1) is 16.6. The van der Waals surface area contributed by atoms with Gasteiger partial charge in [0.05, 0.1) is 11.4 Å². The third-order valence-electron chi connectivity index (χ3n) is 5.49. The molecule has 0 fully saturated rings. The average molecular weight is 475 g/mol. The van der Waals surface area contributed by atoms with Crippen LogP contribution in [0.3, 0.4) is 0 Å². The van der Waals surface area contributed by atoms with Crippen LogP contribution in [0.4, 0.5) is 11.4 Å². The van der Waals surface area contributed by atoms with E-state index in [1.54, 1.807) is 40.9 Å². The Morgan fingerprint density at radius 3 is 2.09 bits per heavy atom. The number of hydrogen-bond acceptors (Lipinski definition) is 5. The summed E-state index contributed by atoms with van der Waals surface area (Å²) in [6.07, 6.45) is 2.05. The Balaban J connectivity index is 1.47. The van der Waals surface area contributed by atoms with Gasteiger partial charge in [-0.2, -0.15) is 0 Å². The van der Waals surface area contributed by atoms with Crippen LogP contribution in [-0.2, 0) is 14.3 Å². The molecule has 0 aliphatic carbocycles. The minimum absolute atomic E-state index is 0.346. The van der Waals surface area contributed by atoms with Gasteiger partial charge in [-0.25, -0.2) is 4.79 Å². The fourth-order valence-corrected chi connectivity index (χ4v) is 4.82. The number of nitrogens with one attached hydrogen (secondary N) is 1. The van der Waals surface area contributed by atoms with Crippen molar-refractivity contribution in [3.63, 3.8) is 0 Å². The predicted molar refractivity (Wildman–Crippen MR) is 132 cm³/mol. The quantitative estimate of drug-likeness (QED) is 0.446. The second kappa shape index (κ2) is 11.0. The molecule has 1 aliphatic rings. The van der Waals surface area contributed by atoms with Crippen LogP contribution in [-0.4, -0.2) is 30.4 Å². The Morgan fingerprint density at radius 1 is 0.882 bits per heavy atom. The summed E-state index contributed by atoms with van der Waals surface area (Å²) in [6, 6.07) is 23.2. The molecule has 1 atom stereocenters. The molecule has 34 heavy (non-hydrogen) atoms. The number of fused-ring (bicyclic) bond motifs is 2. The first-order valence-electron chi connectivity index (χ1n) is 11.3. The second-order valence-electron chi connectivity index (χ2n) is 7.91. The summed E-state index contributed by atoms with van der Waals surface area (Å²) >= 11 is 1.60. The van der Waals surface area contributed by atoms with Gasteiger partial charge in [-0.3, -0.25) is 14.5 Å². The Hall–Kier alpha value is -3.58. The highest BCUT2D eigenvalue weighted by Gasteiger charge is 2.30. The number of benzene rings is 3. The van der Waals surface area contributed by atoms with Gasteiger partial charge in [-0.15, -0.1) is 0 Å². The van der Waals surface area contributed by atoms with E-state index in [-0.39, 0.29) is 11.8 Å². The molecule has 3 aromatic carbocycles. The van der Waals surface area contributed by atoms with Crippen molar-refractivity contribution >= 4 is 40.9 Å². The van der Waals surface area contributed by atoms with Gasteiger partial charge < -0.3 is 10.1 Å². The highest BCUT2D eigenvalue weighted by Crippen LogP contribution is 2.47. The van der Waals surface area contributed by atoms with Crippen molar-refractivity contribution in [3.8, 4) is 0 Å². The molecule has 7 heteroatoms. The summed E-state index contributed by atoms with van der Waals surface area (Å²) in [7, 11) is 0. The molecule has 0 unspecified atom stereocenters. The summed E-state index contributed by atoms with van der Waals surface area (Å²) in [5.41, 5.74) is 1.98. The largest absolute Gasteiger partial charge is 0.454 e. The van der Waals surface area contributed by atoms with E-state index >= 15 is 0 Å². The Bertz CT molecular complexity index is 1140. The molecule has 1 heterocycles. The summed E-state index contributed by atoms with van der Waals surface area (Å²) in [5, 5.41) is 2.76. The van der Waals surface area contributed by atoms with Gasteiger partial charge in [-0.1, -0.05) is 74.0 Å². The summed E-state index contributed by atoms with van der Waals surface area (Å²) in [4.78, 5) is 42.2. The minimum atomic E-state index is -0.822. The Morgan fingerprint density at radius 2 is 1.47 bits per heavy atom. The molecular formula is C27H26N2O4S. The molecule has 2 amide bonds. The van der Waals surface area contributed by atoms with Crippen LogP contribution in [0.15, 0.2) is 88.7 Å². The van der Waals surface area contributed by atoms with Crippen LogP contribution in [0.5, 0.6) is 0 Å². The van der Waals surface area contributed by atoms with Crippen molar-refractivity contribution in [2.24, 2.45) is 0 Å². The van der Waals surface area contributed by atoms with E-state index in [0.717, 1.165) is 34.0 Å². The molecule has 0 radical (unpaired) electrons. The van der Waals surface area contributed by atoms with Crippen LogP contribution >= 0.6 is 11.8 Å². The zero-order valence-corrected chi connectivity index (χ0v) is 19.7. The number of carbonyl (C=O) groups excluding carboxylic acids is 3. The van der Waals surface area contributed by atoms with Gasteiger partial charge in [0.15, 0.2) is 6.61 Å². The van der Waals surface area contributed by atoms with Gasteiger partial charge in [0.2, 0.25) is 0 Å². The van der Waals surface area contributed by atoms with Crippen molar-refractivity contribution in [3.05, 3.63) is 84.4 Å². The molecule has 1 aliphatic heterocycles. The molecule has 3 aromatic rings. The third kappa shape index (κ3) is 5.31. The number of nitrogens with zero attached hydrogens (tertiary/aromatic N) is 1. The average Bonchev–Trinajstić information content (AvgIpc) is 2.88. The first-order valence-corrected chi connectivity index (χ1v) is 12.1. The number of rotatable bonds is 8. The number of hydrogen-bond donors (Lipinski definition) is 1. The normalized spacial score (nSPS) is 12.8. The molecule has 6 nitrogen and oxygen atoms in total. The van der Waals surface area contributed by atoms with E-state index in [1.807, 2.05) is 61.5 Å². The standard InChI is InChI=1S/C27H26N2O4S/c1-2-3-13-20(28-26(31)19-11-5-4-6-12-19)27(32)33-18-25(30)29-21-14-7-9-16-23(21)34-24-17-10-8-15-22(24)29/h4-12,14-17,20H,2-3,13,18H2,1H3,(H,28,31)/t20-/m1/s1. The monoisotopic (exact) mass is 474 g/mol. The topological polar surface area (TPSA) is 75.7 Å². The number of amides is 2. The predicted octanol–water partition coefficient (Wildman–Crippen LogP) is 5.35. The van der Waals surface area contributed by atoms with Crippen molar-refractivity contribution < 1.29 is 19.1 Å². The SMILES string of the molecule is CCCC[C@@H](NC(=O)c1ccccc1)C(=O)OCC(=O)N1c2ccccc2Sc2ccccc21.